The molecule has 0 bridgehead atoms. The quantitative estimate of drug-likeness (QED) is 0.792. The molecule has 0 aliphatic carbocycles. The Morgan fingerprint density at radius 3 is 2.76 bits per heavy atom. The van der Waals surface area contributed by atoms with Gasteiger partial charge in [-0.3, -0.25) is 9.59 Å². The van der Waals surface area contributed by atoms with Gasteiger partial charge >= 0.3 is 0 Å². The normalized spacial score (nSPS) is 20.4. The number of anilines is 2. The van der Waals surface area contributed by atoms with Gasteiger partial charge in [0.15, 0.2) is 0 Å². The summed E-state index contributed by atoms with van der Waals surface area (Å²) in [6, 6.07) is 15.4. The average Bonchev–Trinajstić information content (AvgIpc) is 3.37. The van der Waals surface area contributed by atoms with Gasteiger partial charge in [-0.05, 0) is 49.9 Å². The first kappa shape index (κ1) is 19.5. The van der Waals surface area contributed by atoms with Crippen molar-refractivity contribution in [2.24, 2.45) is 0 Å². The number of carbonyl (C=O) groups excluding carboxylic acids is 2. The minimum atomic E-state index is -0.157. The Hall–Kier alpha value is -2.86. The molecular formula is C23H27N3O3. The third-order valence-electron chi connectivity index (χ3n) is 5.59. The molecule has 152 valence electrons. The zero-order valence-corrected chi connectivity index (χ0v) is 16.7. The molecule has 6 heteroatoms. The number of benzene rings is 2. The Morgan fingerprint density at radius 1 is 1.14 bits per heavy atom. The third-order valence-corrected chi connectivity index (χ3v) is 5.59. The van der Waals surface area contributed by atoms with Gasteiger partial charge in [0.05, 0.1) is 18.2 Å². The van der Waals surface area contributed by atoms with E-state index in [-0.39, 0.29) is 30.5 Å². The smallest absolute Gasteiger partial charge is 0.253 e. The van der Waals surface area contributed by atoms with E-state index in [4.69, 9.17) is 4.74 Å². The van der Waals surface area contributed by atoms with Gasteiger partial charge in [-0.25, -0.2) is 0 Å². The zero-order chi connectivity index (χ0) is 20.2. The maximum Gasteiger partial charge on any atom is 0.253 e. The lowest BCUT2D eigenvalue weighted by Gasteiger charge is -2.23. The Labute approximate surface area is 171 Å². The number of ether oxygens (including phenoxy) is 1. The Balaban J connectivity index is 1.40. The van der Waals surface area contributed by atoms with Crippen LogP contribution in [0, 0.1) is 0 Å². The minimum Gasteiger partial charge on any atom is -0.376 e. The summed E-state index contributed by atoms with van der Waals surface area (Å²) in [4.78, 5) is 27.4. The lowest BCUT2D eigenvalue weighted by molar-refractivity contribution is -0.117. The summed E-state index contributed by atoms with van der Waals surface area (Å²) in [6.07, 6.45) is 2.98. The third kappa shape index (κ3) is 4.27. The van der Waals surface area contributed by atoms with Crippen LogP contribution in [-0.2, 0) is 16.0 Å². The van der Waals surface area contributed by atoms with Crippen LogP contribution in [0.25, 0.3) is 0 Å². The lowest BCUT2D eigenvalue weighted by atomic mass is 10.1. The van der Waals surface area contributed by atoms with Gasteiger partial charge in [-0.1, -0.05) is 30.3 Å². The molecule has 0 saturated carbocycles. The highest BCUT2D eigenvalue weighted by molar-refractivity contribution is 6.02. The highest BCUT2D eigenvalue weighted by atomic mass is 16.5. The molecule has 6 nitrogen and oxygen atoms in total. The Bertz CT molecular complexity index is 892. The molecule has 4 rings (SSSR count). The number of hydrogen-bond donors (Lipinski definition) is 2. The van der Waals surface area contributed by atoms with Gasteiger partial charge in [0.2, 0.25) is 5.91 Å². The number of para-hydroxylation sites is 2. The van der Waals surface area contributed by atoms with Crippen LogP contribution in [-0.4, -0.2) is 43.7 Å². The molecule has 2 amide bonds. The summed E-state index contributed by atoms with van der Waals surface area (Å²) >= 11 is 0. The van der Waals surface area contributed by atoms with E-state index < -0.39 is 0 Å². The monoisotopic (exact) mass is 393 g/mol. The van der Waals surface area contributed by atoms with E-state index in [0.717, 1.165) is 31.6 Å². The van der Waals surface area contributed by atoms with Crippen LogP contribution in [0.2, 0.25) is 0 Å². The molecule has 2 aliphatic rings. The van der Waals surface area contributed by atoms with Gasteiger partial charge in [-0.2, -0.15) is 0 Å². The number of carbonyl (C=O) groups is 2. The highest BCUT2D eigenvalue weighted by Crippen LogP contribution is 2.31. The largest absolute Gasteiger partial charge is 0.376 e. The van der Waals surface area contributed by atoms with Crippen LogP contribution in [0.15, 0.2) is 48.5 Å². The molecular weight excluding hydrogens is 366 g/mol. The molecule has 2 aromatic carbocycles. The van der Waals surface area contributed by atoms with E-state index in [0.29, 0.717) is 17.8 Å². The number of amides is 2. The van der Waals surface area contributed by atoms with Gasteiger partial charge in [0.1, 0.15) is 0 Å². The van der Waals surface area contributed by atoms with Crippen molar-refractivity contribution in [2.45, 2.75) is 38.3 Å². The first-order valence-electron chi connectivity index (χ1n) is 10.3. The number of nitrogens with zero attached hydrogens (tertiary/aromatic N) is 1. The summed E-state index contributed by atoms with van der Waals surface area (Å²) in [5.74, 6) is -0.159. The Morgan fingerprint density at radius 2 is 1.93 bits per heavy atom. The number of rotatable bonds is 6. The minimum absolute atomic E-state index is 0.00276. The van der Waals surface area contributed by atoms with E-state index in [1.54, 1.807) is 6.07 Å². The lowest BCUT2D eigenvalue weighted by Crippen LogP contribution is -2.39. The second-order valence-electron chi connectivity index (χ2n) is 7.69. The molecule has 2 aromatic rings. The topological polar surface area (TPSA) is 70.7 Å². The van der Waals surface area contributed by atoms with E-state index in [9.17, 15) is 9.59 Å². The summed E-state index contributed by atoms with van der Waals surface area (Å²) in [5, 5.41) is 6.11. The van der Waals surface area contributed by atoms with Crippen molar-refractivity contribution in [3.63, 3.8) is 0 Å². The van der Waals surface area contributed by atoms with Crippen molar-refractivity contribution >= 4 is 23.2 Å². The van der Waals surface area contributed by atoms with E-state index in [1.807, 2.05) is 41.3 Å². The van der Waals surface area contributed by atoms with Crippen molar-refractivity contribution in [1.29, 1.82) is 0 Å². The number of nitrogens with one attached hydrogen (secondary N) is 2. The number of fused-ring (bicyclic) bond motifs is 1. The molecule has 29 heavy (non-hydrogen) atoms. The van der Waals surface area contributed by atoms with Crippen molar-refractivity contribution in [2.75, 3.05) is 29.9 Å². The first-order chi connectivity index (χ1) is 14.1. The van der Waals surface area contributed by atoms with Gasteiger partial charge < -0.3 is 20.3 Å². The van der Waals surface area contributed by atoms with Crippen molar-refractivity contribution in [1.82, 2.24) is 5.32 Å². The maximum absolute atomic E-state index is 12.9. The van der Waals surface area contributed by atoms with Crippen molar-refractivity contribution in [3.8, 4) is 0 Å². The fraction of sp³-hybridized carbons (Fsp3) is 0.391. The average molecular weight is 393 g/mol. The predicted molar refractivity (Wildman–Crippen MR) is 113 cm³/mol. The van der Waals surface area contributed by atoms with Crippen LogP contribution in [0.5, 0.6) is 0 Å². The van der Waals surface area contributed by atoms with E-state index in [1.165, 1.54) is 5.56 Å². The molecule has 0 aromatic heterocycles. The molecule has 1 fully saturated rings. The van der Waals surface area contributed by atoms with Gasteiger partial charge in [0, 0.05) is 30.6 Å². The fourth-order valence-corrected chi connectivity index (χ4v) is 4.14. The summed E-state index contributed by atoms with van der Waals surface area (Å²) < 4.78 is 5.56. The predicted octanol–water partition coefficient (Wildman–Crippen LogP) is 2.99. The van der Waals surface area contributed by atoms with Crippen molar-refractivity contribution in [3.05, 3.63) is 59.7 Å². The molecule has 2 atom stereocenters. The molecule has 0 unspecified atom stereocenters. The molecule has 1 saturated heterocycles. The zero-order valence-electron chi connectivity index (χ0n) is 16.7. The standard InChI is InChI=1S/C23H27N3O3/c1-16-13-17-7-2-5-11-21(17)26(16)22(27)15-24-20-10-4-3-9-19(20)23(28)25-14-18-8-6-12-29-18/h2-5,7,9-11,16,18,24H,6,8,12-15H2,1H3,(H,25,28)/t16-,18+/m1/s1. The van der Waals surface area contributed by atoms with Crippen LogP contribution in [0.1, 0.15) is 35.7 Å². The molecule has 0 radical (unpaired) electrons. The summed E-state index contributed by atoms with van der Waals surface area (Å²) in [7, 11) is 0. The second kappa shape index (κ2) is 8.66. The van der Waals surface area contributed by atoms with Crippen molar-refractivity contribution < 1.29 is 14.3 Å². The fourth-order valence-electron chi connectivity index (χ4n) is 4.14. The van der Waals surface area contributed by atoms with E-state index in [2.05, 4.69) is 23.6 Å². The first-order valence-corrected chi connectivity index (χ1v) is 10.3. The maximum atomic E-state index is 12.9. The molecule has 2 aliphatic heterocycles. The van der Waals surface area contributed by atoms with Gasteiger partial charge in [0.25, 0.3) is 5.91 Å². The van der Waals surface area contributed by atoms with Crippen LogP contribution in [0.3, 0.4) is 0 Å². The van der Waals surface area contributed by atoms with Crippen LogP contribution < -0.4 is 15.5 Å². The van der Waals surface area contributed by atoms with Gasteiger partial charge in [-0.15, -0.1) is 0 Å². The van der Waals surface area contributed by atoms with Crippen LogP contribution in [0.4, 0.5) is 11.4 Å². The number of hydrogen-bond acceptors (Lipinski definition) is 4. The Kier molecular flexibility index (Phi) is 5.81. The molecule has 0 spiro atoms. The summed E-state index contributed by atoms with van der Waals surface area (Å²) in [6.45, 7) is 3.46. The highest BCUT2D eigenvalue weighted by Gasteiger charge is 2.30. The second-order valence-corrected chi connectivity index (χ2v) is 7.69. The van der Waals surface area contributed by atoms with E-state index >= 15 is 0 Å². The van der Waals surface area contributed by atoms with Crippen LogP contribution >= 0.6 is 0 Å². The molecule has 2 N–H and O–H groups in total. The SMILES string of the molecule is C[C@@H]1Cc2ccccc2N1C(=O)CNc1ccccc1C(=O)NC[C@@H]1CCCO1. The molecule has 2 heterocycles. The summed E-state index contributed by atoms with van der Waals surface area (Å²) in [5.41, 5.74) is 3.37.